The third-order valence-electron chi connectivity index (χ3n) is 2.89. The molecule has 0 unspecified atom stereocenters. The summed E-state index contributed by atoms with van der Waals surface area (Å²) in [4.78, 5) is 18.6. The van der Waals surface area contributed by atoms with Crippen molar-refractivity contribution in [3.05, 3.63) is 54.1 Å². The maximum atomic E-state index is 11.8. The van der Waals surface area contributed by atoms with Crippen LogP contribution in [0.4, 0.5) is 0 Å². The molecule has 0 spiro atoms. The van der Waals surface area contributed by atoms with Crippen LogP contribution in [0.25, 0.3) is 0 Å². The van der Waals surface area contributed by atoms with Crippen LogP contribution in [-0.4, -0.2) is 28.5 Å². The van der Waals surface area contributed by atoms with Crippen molar-refractivity contribution in [2.45, 2.75) is 18.9 Å². The Kier molecular flexibility index (Phi) is 4.69. The number of carbonyl (C=O) groups is 1. The lowest BCUT2D eigenvalue weighted by Gasteiger charge is -2.11. The van der Waals surface area contributed by atoms with Gasteiger partial charge in [0.25, 0.3) is 0 Å². The molecule has 0 aliphatic heterocycles. The molecule has 0 aliphatic rings. The highest BCUT2D eigenvalue weighted by Gasteiger charge is 2.13. The van der Waals surface area contributed by atoms with Crippen molar-refractivity contribution in [3.63, 3.8) is 0 Å². The zero-order chi connectivity index (χ0) is 13.5. The SMILES string of the molecule is N[C@H](Cc1cnc[nH]1)C(=O)NCCc1ccccc1. The quantitative estimate of drug-likeness (QED) is 0.711. The van der Waals surface area contributed by atoms with E-state index in [-0.39, 0.29) is 5.91 Å². The van der Waals surface area contributed by atoms with Gasteiger partial charge in [0, 0.05) is 24.9 Å². The van der Waals surface area contributed by atoms with Gasteiger partial charge in [-0.2, -0.15) is 0 Å². The normalized spacial score (nSPS) is 12.1. The average Bonchev–Trinajstić information content (AvgIpc) is 2.92. The number of nitrogens with two attached hydrogens (primary N) is 1. The fraction of sp³-hybridized carbons (Fsp3) is 0.286. The van der Waals surface area contributed by atoms with Crippen molar-refractivity contribution >= 4 is 5.91 Å². The second kappa shape index (κ2) is 6.70. The summed E-state index contributed by atoms with van der Waals surface area (Å²) < 4.78 is 0. The van der Waals surface area contributed by atoms with Crippen LogP contribution >= 0.6 is 0 Å². The Labute approximate surface area is 112 Å². The number of hydrogen-bond donors (Lipinski definition) is 3. The van der Waals surface area contributed by atoms with Crippen LogP contribution < -0.4 is 11.1 Å². The molecule has 2 rings (SSSR count). The van der Waals surface area contributed by atoms with Crippen molar-refractivity contribution in [1.29, 1.82) is 0 Å². The number of H-pyrrole nitrogens is 1. The first-order valence-corrected chi connectivity index (χ1v) is 6.30. The van der Waals surface area contributed by atoms with Gasteiger partial charge in [0.15, 0.2) is 0 Å². The van der Waals surface area contributed by atoms with E-state index in [1.165, 1.54) is 5.56 Å². The number of aromatic nitrogens is 2. The topological polar surface area (TPSA) is 83.8 Å². The third-order valence-corrected chi connectivity index (χ3v) is 2.89. The third kappa shape index (κ3) is 4.22. The van der Waals surface area contributed by atoms with Gasteiger partial charge in [0.05, 0.1) is 12.4 Å². The molecule has 4 N–H and O–H groups in total. The number of benzene rings is 1. The molecule has 1 aromatic heterocycles. The van der Waals surface area contributed by atoms with Crippen LogP contribution in [-0.2, 0) is 17.6 Å². The highest BCUT2D eigenvalue weighted by atomic mass is 16.2. The number of imidazole rings is 1. The number of carbonyl (C=O) groups excluding carboxylic acids is 1. The van der Waals surface area contributed by atoms with Crippen molar-refractivity contribution in [1.82, 2.24) is 15.3 Å². The Morgan fingerprint density at radius 1 is 1.37 bits per heavy atom. The molecule has 100 valence electrons. The van der Waals surface area contributed by atoms with Crippen LogP contribution in [0.5, 0.6) is 0 Å². The predicted molar refractivity (Wildman–Crippen MR) is 73.4 cm³/mol. The molecule has 1 atom stereocenters. The van der Waals surface area contributed by atoms with Crippen LogP contribution in [0.2, 0.25) is 0 Å². The molecule has 0 saturated heterocycles. The van der Waals surface area contributed by atoms with E-state index in [2.05, 4.69) is 15.3 Å². The average molecular weight is 258 g/mol. The van der Waals surface area contributed by atoms with Crippen LogP contribution in [0, 0.1) is 0 Å². The molecule has 1 amide bonds. The van der Waals surface area contributed by atoms with E-state index in [4.69, 9.17) is 5.73 Å². The molecule has 19 heavy (non-hydrogen) atoms. The van der Waals surface area contributed by atoms with Crippen molar-refractivity contribution < 1.29 is 4.79 Å². The number of rotatable bonds is 6. The fourth-order valence-electron chi connectivity index (χ4n) is 1.83. The molecule has 0 fully saturated rings. The van der Waals surface area contributed by atoms with Crippen molar-refractivity contribution in [3.8, 4) is 0 Å². The Morgan fingerprint density at radius 2 is 2.16 bits per heavy atom. The van der Waals surface area contributed by atoms with E-state index in [1.54, 1.807) is 12.5 Å². The molecule has 0 aliphatic carbocycles. The molecular weight excluding hydrogens is 240 g/mol. The number of nitrogens with zero attached hydrogens (tertiary/aromatic N) is 1. The number of nitrogens with one attached hydrogen (secondary N) is 2. The number of amides is 1. The summed E-state index contributed by atoms with van der Waals surface area (Å²) in [7, 11) is 0. The van der Waals surface area contributed by atoms with Gasteiger partial charge in [-0.3, -0.25) is 4.79 Å². The summed E-state index contributed by atoms with van der Waals surface area (Å²) in [5.41, 5.74) is 7.89. The summed E-state index contributed by atoms with van der Waals surface area (Å²) >= 11 is 0. The molecule has 1 heterocycles. The van der Waals surface area contributed by atoms with E-state index in [1.807, 2.05) is 30.3 Å². The minimum Gasteiger partial charge on any atom is -0.354 e. The highest BCUT2D eigenvalue weighted by molar-refractivity contribution is 5.81. The molecule has 0 bridgehead atoms. The fourth-order valence-corrected chi connectivity index (χ4v) is 1.83. The first-order valence-electron chi connectivity index (χ1n) is 6.30. The second-order valence-corrected chi connectivity index (χ2v) is 4.41. The Balaban J connectivity index is 1.72. The van der Waals surface area contributed by atoms with Gasteiger partial charge < -0.3 is 16.0 Å². The zero-order valence-electron chi connectivity index (χ0n) is 10.7. The summed E-state index contributed by atoms with van der Waals surface area (Å²) in [6.45, 7) is 0.597. The van der Waals surface area contributed by atoms with E-state index in [0.717, 1.165) is 12.1 Å². The molecule has 0 radical (unpaired) electrons. The summed E-state index contributed by atoms with van der Waals surface area (Å²) in [5, 5.41) is 2.85. The van der Waals surface area contributed by atoms with Crippen molar-refractivity contribution in [2.24, 2.45) is 5.73 Å². The Hall–Kier alpha value is -2.14. The summed E-state index contributed by atoms with van der Waals surface area (Å²) in [6, 6.07) is 9.48. The number of aromatic amines is 1. The lowest BCUT2D eigenvalue weighted by atomic mass is 10.1. The minimum atomic E-state index is -0.545. The highest BCUT2D eigenvalue weighted by Crippen LogP contribution is 1.99. The number of hydrogen-bond acceptors (Lipinski definition) is 3. The molecule has 5 nitrogen and oxygen atoms in total. The smallest absolute Gasteiger partial charge is 0.237 e. The van der Waals surface area contributed by atoms with Crippen LogP contribution in [0.1, 0.15) is 11.3 Å². The van der Waals surface area contributed by atoms with Gasteiger partial charge in [-0.25, -0.2) is 4.98 Å². The maximum absolute atomic E-state index is 11.8. The van der Waals surface area contributed by atoms with Crippen LogP contribution in [0.15, 0.2) is 42.9 Å². The van der Waals surface area contributed by atoms with Gasteiger partial charge in [-0.15, -0.1) is 0 Å². The van der Waals surface area contributed by atoms with E-state index in [0.29, 0.717) is 13.0 Å². The molecule has 0 saturated carbocycles. The minimum absolute atomic E-state index is 0.134. The van der Waals surface area contributed by atoms with E-state index < -0.39 is 6.04 Å². The summed E-state index contributed by atoms with van der Waals surface area (Å²) in [5.74, 6) is -0.134. The lowest BCUT2D eigenvalue weighted by Crippen LogP contribution is -2.42. The van der Waals surface area contributed by atoms with Gasteiger partial charge in [0.1, 0.15) is 0 Å². The first kappa shape index (κ1) is 13.3. The van der Waals surface area contributed by atoms with Crippen molar-refractivity contribution in [2.75, 3.05) is 6.54 Å². The van der Waals surface area contributed by atoms with Gasteiger partial charge >= 0.3 is 0 Å². The standard InChI is InChI=1S/C14H18N4O/c15-13(8-12-9-16-10-18-12)14(19)17-7-6-11-4-2-1-3-5-11/h1-5,9-10,13H,6-8,15H2,(H,16,18)(H,17,19)/t13-/m1/s1. The van der Waals surface area contributed by atoms with E-state index in [9.17, 15) is 4.79 Å². The Bertz CT molecular complexity index is 495. The first-order chi connectivity index (χ1) is 9.25. The molecule has 5 heteroatoms. The molecule has 1 aromatic carbocycles. The molecule has 2 aromatic rings. The zero-order valence-corrected chi connectivity index (χ0v) is 10.7. The van der Waals surface area contributed by atoms with Crippen LogP contribution in [0.3, 0.4) is 0 Å². The van der Waals surface area contributed by atoms with Gasteiger partial charge in [-0.1, -0.05) is 30.3 Å². The predicted octanol–water partition coefficient (Wildman–Crippen LogP) is 0.638. The Morgan fingerprint density at radius 3 is 2.84 bits per heavy atom. The van der Waals surface area contributed by atoms with Gasteiger partial charge in [0.2, 0.25) is 5.91 Å². The maximum Gasteiger partial charge on any atom is 0.237 e. The monoisotopic (exact) mass is 258 g/mol. The second-order valence-electron chi connectivity index (χ2n) is 4.41. The van der Waals surface area contributed by atoms with Gasteiger partial charge in [-0.05, 0) is 12.0 Å². The molecular formula is C14H18N4O. The summed E-state index contributed by atoms with van der Waals surface area (Å²) in [6.07, 6.45) is 4.53. The lowest BCUT2D eigenvalue weighted by molar-refractivity contribution is -0.122. The van der Waals surface area contributed by atoms with E-state index >= 15 is 0 Å². The largest absolute Gasteiger partial charge is 0.354 e.